The zero-order valence-electron chi connectivity index (χ0n) is 50.0. The molecular formula is C64H128N4O4. The summed E-state index contributed by atoms with van der Waals surface area (Å²) in [6.45, 7) is 22.4. The molecule has 0 bridgehead atoms. The van der Waals surface area contributed by atoms with Crippen molar-refractivity contribution in [2.45, 2.75) is 343 Å². The molecule has 0 aromatic heterocycles. The number of alkyl carbamates (subject to hydrolysis) is 1. The van der Waals surface area contributed by atoms with Crippen LogP contribution in [0.15, 0.2) is 0 Å². The SMILES string of the molecule is CCCCCCCCCCN(CCCCCCCCCC)C(=O)CCCCCCCN(CCCCCCCC(=O)N(CCCCCCCCCC)CCCCCCCCCC)CCCNC(=O)OC(C)(C)C. The second-order valence-corrected chi connectivity index (χ2v) is 23.3. The van der Waals surface area contributed by atoms with Crippen LogP contribution in [0.25, 0.3) is 0 Å². The highest BCUT2D eigenvalue weighted by molar-refractivity contribution is 5.76. The van der Waals surface area contributed by atoms with Crippen LogP contribution in [0.5, 0.6) is 0 Å². The van der Waals surface area contributed by atoms with Crippen LogP contribution in [0, 0.1) is 0 Å². The van der Waals surface area contributed by atoms with E-state index in [2.05, 4.69) is 47.7 Å². The summed E-state index contributed by atoms with van der Waals surface area (Å²) < 4.78 is 5.47. The second-order valence-electron chi connectivity index (χ2n) is 23.3. The molecule has 0 aromatic carbocycles. The first-order valence-corrected chi connectivity index (χ1v) is 32.3. The van der Waals surface area contributed by atoms with Crippen LogP contribution in [0.3, 0.4) is 0 Å². The molecule has 1 N–H and O–H groups in total. The molecule has 0 spiro atoms. The summed E-state index contributed by atoms with van der Waals surface area (Å²) in [7, 11) is 0. The summed E-state index contributed by atoms with van der Waals surface area (Å²) in [6.07, 6.45) is 55.2. The lowest BCUT2D eigenvalue weighted by Gasteiger charge is -2.24. The maximum atomic E-state index is 13.5. The molecule has 0 radical (unpaired) electrons. The average Bonchev–Trinajstić information content (AvgIpc) is 3.35. The van der Waals surface area contributed by atoms with Gasteiger partial charge in [-0.15, -0.1) is 0 Å². The second kappa shape index (κ2) is 54.0. The molecular weight excluding hydrogens is 889 g/mol. The summed E-state index contributed by atoms with van der Waals surface area (Å²) in [5.41, 5.74) is -0.491. The Bertz CT molecular complexity index is 1050. The van der Waals surface area contributed by atoms with Gasteiger partial charge in [-0.25, -0.2) is 4.79 Å². The number of unbranched alkanes of at least 4 members (excludes halogenated alkanes) is 36. The van der Waals surface area contributed by atoms with Crippen LogP contribution in [0.1, 0.15) is 337 Å². The normalized spacial score (nSPS) is 11.7. The summed E-state index contributed by atoms with van der Waals surface area (Å²) in [5, 5.41) is 2.96. The van der Waals surface area contributed by atoms with E-state index < -0.39 is 5.60 Å². The summed E-state index contributed by atoms with van der Waals surface area (Å²) in [4.78, 5) is 46.4. The zero-order valence-corrected chi connectivity index (χ0v) is 50.0. The summed E-state index contributed by atoms with van der Waals surface area (Å²) in [5.74, 6) is 0.785. The van der Waals surface area contributed by atoms with Gasteiger partial charge in [0.2, 0.25) is 11.8 Å². The van der Waals surface area contributed by atoms with Crippen molar-refractivity contribution >= 4 is 17.9 Å². The Balaban J connectivity index is 4.90. The molecule has 0 aromatic rings. The Kier molecular flexibility index (Phi) is 52.6. The van der Waals surface area contributed by atoms with E-state index >= 15 is 0 Å². The van der Waals surface area contributed by atoms with Crippen molar-refractivity contribution in [3.05, 3.63) is 0 Å². The Labute approximate surface area is 450 Å². The highest BCUT2D eigenvalue weighted by Gasteiger charge is 2.17. The number of hydrogen-bond acceptors (Lipinski definition) is 5. The minimum Gasteiger partial charge on any atom is -0.444 e. The molecule has 8 heteroatoms. The fourth-order valence-electron chi connectivity index (χ4n) is 10.2. The lowest BCUT2D eigenvalue weighted by Crippen LogP contribution is -2.35. The first kappa shape index (κ1) is 70.2. The molecule has 0 aliphatic rings. The van der Waals surface area contributed by atoms with Gasteiger partial charge in [0.25, 0.3) is 0 Å². The first-order chi connectivity index (χ1) is 35.1. The lowest BCUT2D eigenvalue weighted by atomic mass is 10.1. The minimum atomic E-state index is -0.491. The molecule has 0 aliphatic carbocycles. The van der Waals surface area contributed by atoms with Crippen LogP contribution in [0.4, 0.5) is 4.79 Å². The standard InChI is InChI=1S/C64H128N4O4/c1-8-12-16-20-24-28-38-46-57-67(58-47-39-29-25-21-17-13-9-2)61(69)51-42-34-32-36-44-54-66(56-50-53-65-63(71)72-64(5,6)7)55-45-37-33-35-43-52-62(70)68(59-48-40-30-26-22-18-14-10-3)60-49-41-31-27-23-19-15-11-4/h8-60H2,1-7H3,(H,65,71). The van der Waals surface area contributed by atoms with Crippen molar-refractivity contribution < 1.29 is 19.1 Å². The fraction of sp³-hybridized carbons (Fsp3) is 0.953. The maximum Gasteiger partial charge on any atom is 0.407 e. The number of nitrogens with zero attached hydrogens (tertiary/aromatic N) is 3. The van der Waals surface area contributed by atoms with Gasteiger partial charge < -0.3 is 24.8 Å². The third-order valence-electron chi connectivity index (χ3n) is 14.9. The molecule has 0 atom stereocenters. The van der Waals surface area contributed by atoms with Crippen molar-refractivity contribution in [3.63, 3.8) is 0 Å². The van der Waals surface area contributed by atoms with Crippen molar-refractivity contribution in [2.24, 2.45) is 0 Å². The Morgan fingerprint density at radius 2 is 0.556 bits per heavy atom. The van der Waals surface area contributed by atoms with Gasteiger partial charge in [0, 0.05) is 45.6 Å². The molecule has 0 fully saturated rings. The van der Waals surface area contributed by atoms with E-state index in [0.717, 1.165) is 104 Å². The monoisotopic (exact) mass is 1020 g/mol. The third kappa shape index (κ3) is 50.3. The lowest BCUT2D eigenvalue weighted by molar-refractivity contribution is -0.132. The van der Waals surface area contributed by atoms with E-state index in [-0.39, 0.29) is 6.09 Å². The van der Waals surface area contributed by atoms with E-state index in [4.69, 9.17) is 4.74 Å². The van der Waals surface area contributed by atoms with Crippen LogP contribution >= 0.6 is 0 Å². The van der Waals surface area contributed by atoms with Crippen LogP contribution in [-0.2, 0) is 14.3 Å². The first-order valence-electron chi connectivity index (χ1n) is 32.3. The maximum absolute atomic E-state index is 13.5. The topological polar surface area (TPSA) is 82.2 Å². The zero-order chi connectivity index (χ0) is 52.9. The minimum absolute atomic E-state index is 0.333. The summed E-state index contributed by atoms with van der Waals surface area (Å²) >= 11 is 0. The number of ether oxygens (including phenoxy) is 1. The molecule has 8 nitrogen and oxygen atoms in total. The van der Waals surface area contributed by atoms with Crippen molar-refractivity contribution in [1.29, 1.82) is 0 Å². The highest BCUT2D eigenvalue weighted by atomic mass is 16.6. The number of hydrogen-bond donors (Lipinski definition) is 1. The van der Waals surface area contributed by atoms with Crippen molar-refractivity contribution in [3.8, 4) is 0 Å². The van der Waals surface area contributed by atoms with Crippen LogP contribution in [-0.4, -0.2) is 90.6 Å². The van der Waals surface area contributed by atoms with Gasteiger partial charge in [0.15, 0.2) is 0 Å². The number of carbonyl (C=O) groups excluding carboxylic acids is 3. The third-order valence-corrected chi connectivity index (χ3v) is 14.9. The molecule has 0 heterocycles. The van der Waals surface area contributed by atoms with Crippen LogP contribution < -0.4 is 5.32 Å². The molecule has 0 aliphatic heterocycles. The van der Waals surface area contributed by atoms with Gasteiger partial charge in [0.1, 0.15) is 5.60 Å². The molecule has 0 rings (SSSR count). The van der Waals surface area contributed by atoms with Gasteiger partial charge in [-0.05, 0) is 98.2 Å². The van der Waals surface area contributed by atoms with Gasteiger partial charge >= 0.3 is 6.09 Å². The van der Waals surface area contributed by atoms with Crippen molar-refractivity contribution in [2.75, 3.05) is 52.4 Å². The fourth-order valence-corrected chi connectivity index (χ4v) is 10.2. The van der Waals surface area contributed by atoms with E-state index in [1.165, 1.54) is 218 Å². The van der Waals surface area contributed by atoms with Gasteiger partial charge in [-0.1, -0.05) is 246 Å². The molecule has 0 unspecified atom stereocenters. The number of nitrogens with one attached hydrogen (secondary N) is 1. The molecule has 72 heavy (non-hydrogen) atoms. The predicted octanol–water partition coefficient (Wildman–Crippen LogP) is 19.1. The molecule has 428 valence electrons. The average molecular weight is 1020 g/mol. The Morgan fingerprint density at radius 1 is 0.319 bits per heavy atom. The van der Waals surface area contributed by atoms with Gasteiger partial charge in [-0.2, -0.15) is 0 Å². The van der Waals surface area contributed by atoms with E-state index in [9.17, 15) is 14.4 Å². The smallest absolute Gasteiger partial charge is 0.407 e. The largest absolute Gasteiger partial charge is 0.444 e. The van der Waals surface area contributed by atoms with E-state index in [1.54, 1.807) is 0 Å². The van der Waals surface area contributed by atoms with Gasteiger partial charge in [0.05, 0.1) is 0 Å². The molecule has 0 saturated carbocycles. The number of rotatable bonds is 56. The summed E-state index contributed by atoms with van der Waals surface area (Å²) in [6, 6.07) is 0. The van der Waals surface area contributed by atoms with Crippen molar-refractivity contribution in [1.82, 2.24) is 20.0 Å². The van der Waals surface area contributed by atoms with Crippen LogP contribution in [0.2, 0.25) is 0 Å². The predicted molar refractivity (Wildman–Crippen MR) is 314 cm³/mol. The quantitative estimate of drug-likeness (QED) is 0.0614. The van der Waals surface area contributed by atoms with E-state index in [0.29, 0.717) is 31.2 Å². The highest BCUT2D eigenvalue weighted by Crippen LogP contribution is 2.17. The molecule has 3 amide bonds. The van der Waals surface area contributed by atoms with E-state index in [1.807, 2.05) is 20.8 Å². The Morgan fingerprint density at radius 3 is 0.833 bits per heavy atom. The molecule has 0 saturated heterocycles. The number of carbonyl (C=O) groups is 3. The van der Waals surface area contributed by atoms with Gasteiger partial charge in [-0.3, -0.25) is 9.59 Å². The number of amides is 3. The Hall–Kier alpha value is -1.83.